The summed E-state index contributed by atoms with van der Waals surface area (Å²) >= 11 is 0. The molecule has 20 heavy (non-hydrogen) atoms. The molecule has 0 bridgehead atoms. The van der Waals surface area contributed by atoms with Crippen molar-refractivity contribution in [3.63, 3.8) is 0 Å². The van der Waals surface area contributed by atoms with Crippen LogP contribution in [0.3, 0.4) is 0 Å². The van der Waals surface area contributed by atoms with Crippen LogP contribution in [-0.4, -0.2) is 18.0 Å². The second-order valence-electron chi connectivity index (χ2n) is 5.50. The van der Waals surface area contributed by atoms with E-state index >= 15 is 0 Å². The van der Waals surface area contributed by atoms with Gasteiger partial charge in [0, 0.05) is 19.1 Å². The summed E-state index contributed by atoms with van der Waals surface area (Å²) in [5.74, 6) is 0. The molecule has 0 radical (unpaired) electrons. The highest BCUT2D eigenvalue weighted by molar-refractivity contribution is 5.29. The lowest BCUT2D eigenvalue weighted by Crippen LogP contribution is -2.33. The van der Waals surface area contributed by atoms with Crippen LogP contribution >= 0.6 is 0 Å². The Morgan fingerprint density at radius 2 is 1.65 bits per heavy atom. The first-order valence-electron chi connectivity index (χ1n) is 7.44. The Labute approximate surface area is 121 Å². The molecule has 1 heterocycles. The van der Waals surface area contributed by atoms with E-state index in [4.69, 9.17) is 5.73 Å². The van der Waals surface area contributed by atoms with Crippen LogP contribution in [0.15, 0.2) is 54.6 Å². The molecule has 104 valence electrons. The Morgan fingerprint density at radius 3 is 2.40 bits per heavy atom. The molecular formula is C18H22N2. The maximum absolute atomic E-state index is 6.06. The summed E-state index contributed by atoms with van der Waals surface area (Å²) in [5.41, 5.74) is 10.3. The fourth-order valence-corrected chi connectivity index (χ4v) is 3.16. The van der Waals surface area contributed by atoms with Crippen LogP contribution in [0.25, 0.3) is 0 Å². The molecule has 0 aromatic heterocycles. The molecule has 0 amide bonds. The minimum atomic E-state index is 0.322. The molecule has 0 aliphatic carbocycles. The summed E-state index contributed by atoms with van der Waals surface area (Å²) < 4.78 is 0. The van der Waals surface area contributed by atoms with E-state index in [0.29, 0.717) is 12.6 Å². The summed E-state index contributed by atoms with van der Waals surface area (Å²) in [6.07, 6.45) is 2.39. The van der Waals surface area contributed by atoms with Gasteiger partial charge < -0.3 is 5.73 Å². The number of hydrogen-bond acceptors (Lipinski definition) is 2. The van der Waals surface area contributed by atoms with Gasteiger partial charge in [-0.05, 0) is 36.1 Å². The summed E-state index contributed by atoms with van der Waals surface area (Å²) in [5, 5.41) is 0. The molecule has 2 aromatic rings. The van der Waals surface area contributed by atoms with Gasteiger partial charge in [0.15, 0.2) is 0 Å². The van der Waals surface area contributed by atoms with Crippen molar-refractivity contribution in [2.45, 2.75) is 25.4 Å². The van der Waals surface area contributed by atoms with Crippen molar-refractivity contribution in [3.8, 4) is 0 Å². The zero-order chi connectivity index (χ0) is 13.8. The van der Waals surface area contributed by atoms with Gasteiger partial charge in [0.25, 0.3) is 0 Å². The summed E-state index contributed by atoms with van der Waals surface area (Å²) in [6, 6.07) is 19.8. The molecule has 2 aromatic carbocycles. The summed E-state index contributed by atoms with van der Waals surface area (Å²) in [4.78, 5) is 2.53. The van der Waals surface area contributed by atoms with Gasteiger partial charge >= 0.3 is 0 Å². The highest BCUT2D eigenvalue weighted by atomic mass is 15.2. The lowest BCUT2D eigenvalue weighted by molar-refractivity contribution is 0.195. The lowest BCUT2D eigenvalue weighted by atomic mass is 10.0. The number of nitrogens with zero attached hydrogens (tertiary/aromatic N) is 1. The van der Waals surface area contributed by atoms with Crippen LogP contribution < -0.4 is 5.73 Å². The Morgan fingerprint density at radius 1 is 0.950 bits per heavy atom. The lowest BCUT2D eigenvalue weighted by Gasteiger charge is -2.30. The van der Waals surface area contributed by atoms with E-state index in [9.17, 15) is 0 Å². The quantitative estimate of drug-likeness (QED) is 0.924. The van der Waals surface area contributed by atoms with Gasteiger partial charge in [0.1, 0.15) is 0 Å². The van der Waals surface area contributed by atoms with E-state index in [-0.39, 0.29) is 0 Å². The van der Waals surface area contributed by atoms with Crippen LogP contribution in [-0.2, 0) is 13.0 Å². The van der Waals surface area contributed by atoms with Crippen LogP contribution in [0, 0.1) is 0 Å². The first kappa shape index (κ1) is 13.3. The van der Waals surface area contributed by atoms with Crippen molar-refractivity contribution >= 4 is 0 Å². The van der Waals surface area contributed by atoms with Crippen molar-refractivity contribution < 1.29 is 0 Å². The first-order chi connectivity index (χ1) is 9.88. The van der Waals surface area contributed by atoms with E-state index in [1.807, 2.05) is 0 Å². The van der Waals surface area contributed by atoms with E-state index in [0.717, 1.165) is 13.1 Å². The van der Waals surface area contributed by atoms with Gasteiger partial charge in [-0.15, -0.1) is 0 Å². The first-order valence-corrected chi connectivity index (χ1v) is 7.44. The molecule has 1 atom stereocenters. The molecule has 1 unspecified atom stereocenters. The zero-order valence-corrected chi connectivity index (χ0v) is 11.8. The Hall–Kier alpha value is -1.64. The molecule has 0 spiro atoms. The zero-order valence-electron chi connectivity index (χ0n) is 11.8. The Bertz CT molecular complexity index is 550. The smallest absolute Gasteiger partial charge is 0.0473 e. The van der Waals surface area contributed by atoms with Gasteiger partial charge in [-0.3, -0.25) is 4.90 Å². The average Bonchev–Trinajstić information content (AvgIpc) is 2.71. The maximum Gasteiger partial charge on any atom is 0.0473 e. The van der Waals surface area contributed by atoms with Crippen molar-refractivity contribution in [3.05, 3.63) is 71.3 Å². The Balaban J connectivity index is 1.86. The monoisotopic (exact) mass is 266 g/mol. The second-order valence-corrected chi connectivity index (χ2v) is 5.50. The van der Waals surface area contributed by atoms with Crippen molar-refractivity contribution in [2.24, 2.45) is 5.73 Å². The minimum absolute atomic E-state index is 0.322. The largest absolute Gasteiger partial charge is 0.329 e. The highest BCUT2D eigenvalue weighted by Crippen LogP contribution is 2.26. The highest BCUT2D eigenvalue weighted by Gasteiger charge is 2.22. The molecular weight excluding hydrogens is 244 g/mol. The van der Waals surface area contributed by atoms with E-state index in [1.165, 1.54) is 29.5 Å². The van der Waals surface area contributed by atoms with Crippen LogP contribution in [0.2, 0.25) is 0 Å². The third-order valence-corrected chi connectivity index (χ3v) is 4.23. The molecule has 3 rings (SSSR count). The van der Waals surface area contributed by atoms with E-state index in [2.05, 4.69) is 59.5 Å². The predicted molar refractivity (Wildman–Crippen MR) is 83.4 cm³/mol. The van der Waals surface area contributed by atoms with E-state index in [1.54, 1.807) is 0 Å². The fraction of sp³-hybridized carbons (Fsp3) is 0.333. The normalized spacial score (nSPS) is 17.2. The van der Waals surface area contributed by atoms with Gasteiger partial charge in [-0.25, -0.2) is 0 Å². The van der Waals surface area contributed by atoms with Crippen molar-refractivity contribution in [2.75, 3.05) is 13.1 Å². The van der Waals surface area contributed by atoms with Crippen LogP contribution in [0.1, 0.15) is 29.2 Å². The second kappa shape index (κ2) is 6.21. The topological polar surface area (TPSA) is 29.3 Å². The molecule has 2 N–H and O–H groups in total. The number of benzene rings is 2. The van der Waals surface area contributed by atoms with Crippen LogP contribution in [0.5, 0.6) is 0 Å². The SMILES string of the molecule is NCC(c1ccccc1)N1CCCc2ccccc2C1. The van der Waals surface area contributed by atoms with Crippen molar-refractivity contribution in [1.82, 2.24) is 4.90 Å². The molecule has 1 aliphatic heterocycles. The number of hydrogen-bond donors (Lipinski definition) is 1. The molecule has 0 saturated heterocycles. The molecule has 0 fully saturated rings. The molecule has 2 heteroatoms. The molecule has 1 aliphatic rings. The maximum atomic E-state index is 6.06. The van der Waals surface area contributed by atoms with Crippen molar-refractivity contribution in [1.29, 1.82) is 0 Å². The third-order valence-electron chi connectivity index (χ3n) is 4.23. The molecule has 2 nitrogen and oxygen atoms in total. The standard InChI is InChI=1S/C18H22N2/c19-13-18(16-8-2-1-3-9-16)20-12-6-11-15-7-4-5-10-17(15)14-20/h1-5,7-10,18H,6,11-14,19H2. The Kier molecular flexibility index (Phi) is 4.14. The number of nitrogens with two attached hydrogens (primary N) is 1. The molecule has 0 saturated carbocycles. The number of aryl methyl sites for hydroxylation is 1. The van der Waals surface area contributed by atoms with Gasteiger partial charge in [-0.1, -0.05) is 54.6 Å². The number of fused-ring (bicyclic) bond motifs is 1. The van der Waals surface area contributed by atoms with Crippen LogP contribution in [0.4, 0.5) is 0 Å². The van der Waals surface area contributed by atoms with Gasteiger partial charge in [0.2, 0.25) is 0 Å². The van der Waals surface area contributed by atoms with E-state index < -0.39 is 0 Å². The summed E-state index contributed by atoms with van der Waals surface area (Å²) in [6.45, 7) is 2.80. The minimum Gasteiger partial charge on any atom is -0.329 e. The summed E-state index contributed by atoms with van der Waals surface area (Å²) in [7, 11) is 0. The third kappa shape index (κ3) is 2.77. The predicted octanol–water partition coefficient (Wildman–Crippen LogP) is 3.13. The van der Waals surface area contributed by atoms with Gasteiger partial charge in [-0.2, -0.15) is 0 Å². The van der Waals surface area contributed by atoms with Gasteiger partial charge in [0.05, 0.1) is 0 Å². The number of rotatable bonds is 3. The average molecular weight is 266 g/mol. The fourth-order valence-electron chi connectivity index (χ4n) is 3.16.